The summed E-state index contributed by atoms with van der Waals surface area (Å²) in [5.41, 5.74) is 2.43. The summed E-state index contributed by atoms with van der Waals surface area (Å²) < 4.78 is 1.99. The largest absolute Gasteiger partial charge is 0.314 e. The minimum Gasteiger partial charge on any atom is -0.314 e. The maximum atomic E-state index is 4.37. The van der Waals surface area contributed by atoms with Crippen LogP contribution in [0.5, 0.6) is 0 Å². The summed E-state index contributed by atoms with van der Waals surface area (Å²) in [5.74, 6) is 0.639. The Hall–Kier alpha value is -0.830. The molecule has 0 bridgehead atoms. The lowest BCUT2D eigenvalue weighted by Gasteiger charge is -2.20. The quantitative estimate of drug-likeness (QED) is 0.802. The van der Waals surface area contributed by atoms with Crippen LogP contribution in [0.2, 0.25) is 0 Å². The topological polar surface area (TPSA) is 29.9 Å². The van der Waals surface area contributed by atoms with Crippen LogP contribution in [0.15, 0.2) is 6.07 Å². The second-order valence-electron chi connectivity index (χ2n) is 4.43. The number of rotatable bonds is 5. The van der Waals surface area contributed by atoms with E-state index in [4.69, 9.17) is 0 Å². The third kappa shape index (κ3) is 3.34. The van der Waals surface area contributed by atoms with E-state index in [9.17, 15) is 0 Å². The van der Waals surface area contributed by atoms with Crippen LogP contribution in [0.3, 0.4) is 0 Å². The highest BCUT2D eigenvalue weighted by molar-refractivity contribution is 5.09. The molecular formula is C12H23N3. The minimum absolute atomic E-state index is 0.560. The highest BCUT2D eigenvalue weighted by atomic mass is 15.3. The van der Waals surface area contributed by atoms with Gasteiger partial charge in [-0.3, -0.25) is 4.68 Å². The van der Waals surface area contributed by atoms with Crippen molar-refractivity contribution in [3.05, 3.63) is 17.5 Å². The summed E-state index contributed by atoms with van der Waals surface area (Å²) in [7, 11) is 2.02. The predicted molar refractivity (Wildman–Crippen MR) is 64.0 cm³/mol. The first kappa shape index (κ1) is 12.2. The Bertz CT molecular complexity index is 304. The Kier molecular flexibility index (Phi) is 4.33. The molecule has 0 amide bonds. The predicted octanol–water partition coefficient (Wildman–Crippen LogP) is 1.91. The van der Waals surface area contributed by atoms with Gasteiger partial charge in [0.25, 0.3) is 0 Å². The Morgan fingerprint density at radius 3 is 2.60 bits per heavy atom. The van der Waals surface area contributed by atoms with Crippen LogP contribution in [-0.2, 0) is 13.5 Å². The maximum Gasteiger partial charge on any atom is 0.0596 e. The number of nitrogens with zero attached hydrogens (tertiary/aromatic N) is 2. The molecule has 0 saturated heterocycles. The van der Waals surface area contributed by atoms with Gasteiger partial charge in [-0.2, -0.15) is 5.10 Å². The Labute approximate surface area is 92.9 Å². The lowest BCUT2D eigenvalue weighted by molar-refractivity contribution is 0.398. The molecule has 2 atom stereocenters. The first-order valence-corrected chi connectivity index (χ1v) is 5.77. The molecule has 86 valence electrons. The third-order valence-electron chi connectivity index (χ3n) is 3.01. The summed E-state index contributed by atoms with van der Waals surface area (Å²) in [6.45, 7) is 9.77. The third-order valence-corrected chi connectivity index (χ3v) is 3.01. The highest BCUT2D eigenvalue weighted by Gasteiger charge is 2.13. The van der Waals surface area contributed by atoms with Crippen molar-refractivity contribution in [2.45, 2.75) is 40.2 Å². The second kappa shape index (κ2) is 5.31. The van der Waals surface area contributed by atoms with E-state index in [0.29, 0.717) is 12.0 Å². The van der Waals surface area contributed by atoms with Gasteiger partial charge in [0.15, 0.2) is 0 Å². The van der Waals surface area contributed by atoms with Crippen molar-refractivity contribution in [1.29, 1.82) is 0 Å². The molecule has 3 nitrogen and oxygen atoms in total. The van der Waals surface area contributed by atoms with Crippen molar-refractivity contribution >= 4 is 0 Å². The number of aromatic nitrogens is 2. The summed E-state index contributed by atoms with van der Waals surface area (Å²) in [6.07, 6.45) is 1.09. The average Bonchev–Trinajstić information content (AvgIpc) is 2.45. The zero-order valence-corrected chi connectivity index (χ0v) is 10.5. The van der Waals surface area contributed by atoms with E-state index in [1.807, 2.05) is 18.7 Å². The molecule has 15 heavy (non-hydrogen) atoms. The molecule has 0 radical (unpaired) electrons. The molecule has 0 aliphatic carbocycles. The normalized spacial score (nSPS) is 15.3. The first-order valence-electron chi connectivity index (χ1n) is 5.77. The van der Waals surface area contributed by atoms with E-state index < -0.39 is 0 Å². The number of hydrogen-bond donors (Lipinski definition) is 1. The standard InChI is InChI=1S/C12H23N3/c1-6-13-11(4)9(2)7-12-8-10(3)14-15(12)5/h8-9,11,13H,6-7H2,1-5H3. The number of nitrogens with one attached hydrogen (secondary N) is 1. The van der Waals surface area contributed by atoms with Crippen molar-refractivity contribution in [1.82, 2.24) is 15.1 Å². The molecule has 1 rings (SSSR count). The fourth-order valence-corrected chi connectivity index (χ4v) is 1.89. The van der Waals surface area contributed by atoms with Gasteiger partial charge in [0, 0.05) is 18.8 Å². The summed E-state index contributed by atoms with van der Waals surface area (Å²) >= 11 is 0. The smallest absolute Gasteiger partial charge is 0.0596 e. The average molecular weight is 209 g/mol. The van der Waals surface area contributed by atoms with Crippen LogP contribution in [0.1, 0.15) is 32.2 Å². The summed E-state index contributed by atoms with van der Waals surface area (Å²) in [6, 6.07) is 2.74. The van der Waals surface area contributed by atoms with E-state index >= 15 is 0 Å². The molecule has 1 aromatic heterocycles. The van der Waals surface area contributed by atoms with Crippen molar-refractivity contribution < 1.29 is 0 Å². The van der Waals surface area contributed by atoms with Crippen LogP contribution in [0, 0.1) is 12.8 Å². The SMILES string of the molecule is CCNC(C)C(C)Cc1cc(C)nn1C. The van der Waals surface area contributed by atoms with Gasteiger partial charge in [-0.25, -0.2) is 0 Å². The first-order chi connectivity index (χ1) is 7.04. The number of aryl methyl sites for hydroxylation is 2. The second-order valence-corrected chi connectivity index (χ2v) is 4.43. The molecule has 1 heterocycles. The molecule has 0 aliphatic rings. The molecule has 1 aromatic rings. The molecule has 0 saturated carbocycles. The Balaban J connectivity index is 2.57. The van der Waals surface area contributed by atoms with Gasteiger partial charge in [-0.15, -0.1) is 0 Å². The van der Waals surface area contributed by atoms with Gasteiger partial charge in [-0.1, -0.05) is 13.8 Å². The van der Waals surface area contributed by atoms with Gasteiger partial charge < -0.3 is 5.32 Å². The van der Waals surface area contributed by atoms with Crippen LogP contribution in [-0.4, -0.2) is 22.4 Å². The van der Waals surface area contributed by atoms with Crippen LogP contribution in [0.4, 0.5) is 0 Å². The molecule has 2 unspecified atom stereocenters. The fraction of sp³-hybridized carbons (Fsp3) is 0.750. The van der Waals surface area contributed by atoms with Gasteiger partial charge in [0.05, 0.1) is 5.69 Å². The Morgan fingerprint density at radius 1 is 1.47 bits per heavy atom. The molecule has 0 spiro atoms. The molecule has 0 fully saturated rings. The number of hydrogen-bond acceptors (Lipinski definition) is 2. The van der Waals surface area contributed by atoms with Crippen LogP contribution < -0.4 is 5.32 Å². The fourth-order valence-electron chi connectivity index (χ4n) is 1.89. The lowest BCUT2D eigenvalue weighted by atomic mass is 9.98. The van der Waals surface area contributed by atoms with Crippen LogP contribution in [0.25, 0.3) is 0 Å². The lowest BCUT2D eigenvalue weighted by Crippen LogP contribution is -2.33. The van der Waals surface area contributed by atoms with Gasteiger partial charge in [0.1, 0.15) is 0 Å². The molecule has 0 aliphatic heterocycles. The zero-order chi connectivity index (χ0) is 11.4. The molecular weight excluding hydrogens is 186 g/mol. The maximum absolute atomic E-state index is 4.37. The van der Waals surface area contributed by atoms with E-state index in [2.05, 4.69) is 37.3 Å². The molecule has 0 aromatic carbocycles. The van der Waals surface area contributed by atoms with Crippen molar-refractivity contribution in [2.75, 3.05) is 6.54 Å². The summed E-state index contributed by atoms with van der Waals surface area (Å²) in [5, 5.41) is 7.83. The van der Waals surface area contributed by atoms with Gasteiger partial charge in [0.2, 0.25) is 0 Å². The van der Waals surface area contributed by atoms with Crippen LogP contribution >= 0.6 is 0 Å². The zero-order valence-electron chi connectivity index (χ0n) is 10.5. The highest BCUT2D eigenvalue weighted by Crippen LogP contribution is 2.12. The van der Waals surface area contributed by atoms with E-state index in [0.717, 1.165) is 18.7 Å². The summed E-state index contributed by atoms with van der Waals surface area (Å²) in [4.78, 5) is 0. The van der Waals surface area contributed by atoms with Crippen molar-refractivity contribution in [3.63, 3.8) is 0 Å². The Morgan fingerprint density at radius 2 is 2.13 bits per heavy atom. The van der Waals surface area contributed by atoms with E-state index in [-0.39, 0.29) is 0 Å². The van der Waals surface area contributed by atoms with Gasteiger partial charge >= 0.3 is 0 Å². The van der Waals surface area contributed by atoms with E-state index in [1.165, 1.54) is 5.69 Å². The van der Waals surface area contributed by atoms with Gasteiger partial charge in [-0.05, 0) is 38.8 Å². The monoisotopic (exact) mass is 209 g/mol. The van der Waals surface area contributed by atoms with Crippen molar-refractivity contribution in [2.24, 2.45) is 13.0 Å². The minimum atomic E-state index is 0.560. The molecule has 3 heteroatoms. The van der Waals surface area contributed by atoms with Crippen molar-refractivity contribution in [3.8, 4) is 0 Å². The van der Waals surface area contributed by atoms with E-state index in [1.54, 1.807) is 0 Å². The molecule has 1 N–H and O–H groups in total.